The van der Waals surface area contributed by atoms with Gasteiger partial charge in [0.15, 0.2) is 0 Å². The zero-order valence-corrected chi connectivity index (χ0v) is 17.4. The highest BCUT2D eigenvalue weighted by molar-refractivity contribution is 7.89. The Morgan fingerprint density at radius 1 is 1.34 bits per heavy atom. The van der Waals surface area contributed by atoms with E-state index < -0.39 is 16.0 Å². The van der Waals surface area contributed by atoms with E-state index >= 15 is 0 Å². The van der Waals surface area contributed by atoms with Crippen LogP contribution in [0.15, 0.2) is 17.2 Å². The van der Waals surface area contributed by atoms with Gasteiger partial charge in [-0.05, 0) is 19.4 Å². The fraction of sp³-hybridized carbons (Fsp3) is 0.611. The normalized spacial score (nSPS) is 19.2. The van der Waals surface area contributed by atoms with Crippen molar-refractivity contribution in [2.24, 2.45) is 0 Å². The minimum absolute atomic E-state index is 0.0484. The summed E-state index contributed by atoms with van der Waals surface area (Å²) in [5.41, 5.74) is 0.0484. The lowest BCUT2D eigenvalue weighted by molar-refractivity contribution is -0.127. The summed E-state index contributed by atoms with van der Waals surface area (Å²) in [6, 6.07) is 1.05. The molecule has 0 saturated carbocycles. The van der Waals surface area contributed by atoms with Crippen molar-refractivity contribution in [2.45, 2.75) is 30.7 Å². The third-order valence-corrected chi connectivity index (χ3v) is 6.82. The standard InChI is InChI=1S/C18H26N4O6S/c1-13(12-21-5-3-4-16(21)23)20-17-15(10-14(11-19-17)18(24)27-2)29(25,26)22-6-8-28-9-7-22/h10-11,13H,3-9,12H2,1-2H3,(H,19,20)/t13-/m1/s1. The molecule has 1 atom stereocenters. The van der Waals surface area contributed by atoms with Crippen LogP contribution in [0.5, 0.6) is 0 Å². The van der Waals surface area contributed by atoms with Crippen molar-refractivity contribution < 1.29 is 27.5 Å². The van der Waals surface area contributed by atoms with Gasteiger partial charge in [-0.2, -0.15) is 4.31 Å². The molecule has 10 nitrogen and oxygen atoms in total. The van der Waals surface area contributed by atoms with Crippen LogP contribution in [-0.2, 0) is 24.3 Å². The number of sulfonamides is 1. The average molecular weight is 426 g/mol. The van der Waals surface area contributed by atoms with Crippen LogP contribution in [-0.4, -0.2) is 87.0 Å². The van der Waals surface area contributed by atoms with E-state index in [4.69, 9.17) is 9.47 Å². The summed E-state index contributed by atoms with van der Waals surface area (Å²) < 4.78 is 37.7. The molecule has 2 saturated heterocycles. The Kier molecular flexibility index (Phi) is 6.70. The number of carbonyl (C=O) groups is 2. The number of esters is 1. The van der Waals surface area contributed by atoms with Gasteiger partial charge in [0, 0.05) is 44.8 Å². The van der Waals surface area contributed by atoms with Crippen LogP contribution in [0, 0.1) is 0 Å². The number of nitrogens with zero attached hydrogens (tertiary/aromatic N) is 3. The smallest absolute Gasteiger partial charge is 0.339 e. The molecule has 2 aliphatic rings. The largest absolute Gasteiger partial charge is 0.465 e. The summed E-state index contributed by atoms with van der Waals surface area (Å²) >= 11 is 0. The van der Waals surface area contributed by atoms with Crippen LogP contribution in [0.3, 0.4) is 0 Å². The molecule has 0 unspecified atom stereocenters. The van der Waals surface area contributed by atoms with Gasteiger partial charge < -0.3 is 19.7 Å². The van der Waals surface area contributed by atoms with E-state index in [-0.39, 0.29) is 41.3 Å². The average Bonchev–Trinajstić information content (AvgIpc) is 3.12. The number of hydrogen-bond donors (Lipinski definition) is 1. The Labute approximate surface area is 170 Å². The second-order valence-corrected chi connectivity index (χ2v) is 8.97. The molecule has 3 rings (SSSR count). The molecule has 0 radical (unpaired) electrons. The maximum atomic E-state index is 13.2. The van der Waals surface area contributed by atoms with Crippen LogP contribution in [0.25, 0.3) is 0 Å². The number of amides is 1. The van der Waals surface area contributed by atoms with Crippen LogP contribution >= 0.6 is 0 Å². The first kappa shape index (κ1) is 21.5. The van der Waals surface area contributed by atoms with Crippen molar-refractivity contribution >= 4 is 27.7 Å². The second-order valence-electron chi connectivity index (χ2n) is 7.07. The highest BCUT2D eigenvalue weighted by Crippen LogP contribution is 2.26. The first-order valence-corrected chi connectivity index (χ1v) is 11.0. The van der Waals surface area contributed by atoms with Gasteiger partial charge in [0.1, 0.15) is 10.7 Å². The number of morpholine rings is 1. The van der Waals surface area contributed by atoms with E-state index in [1.807, 2.05) is 6.92 Å². The fourth-order valence-electron chi connectivity index (χ4n) is 3.41. The van der Waals surface area contributed by atoms with Gasteiger partial charge in [0.2, 0.25) is 15.9 Å². The lowest BCUT2D eigenvalue weighted by atomic mass is 10.2. The molecule has 0 spiro atoms. The maximum absolute atomic E-state index is 13.2. The summed E-state index contributed by atoms with van der Waals surface area (Å²) in [5, 5.41) is 3.09. The number of ether oxygens (including phenoxy) is 2. The lowest BCUT2D eigenvalue weighted by Gasteiger charge is -2.28. The highest BCUT2D eigenvalue weighted by Gasteiger charge is 2.31. The number of carbonyl (C=O) groups excluding carboxylic acids is 2. The molecule has 1 N–H and O–H groups in total. The third kappa shape index (κ3) is 4.85. The number of rotatable bonds is 7. The number of methoxy groups -OCH3 is 1. The molecule has 1 amide bonds. The van der Waals surface area contributed by atoms with Gasteiger partial charge >= 0.3 is 5.97 Å². The molecule has 1 aromatic heterocycles. The second kappa shape index (κ2) is 9.06. The summed E-state index contributed by atoms with van der Waals surface area (Å²) in [5.74, 6) is -0.435. The highest BCUT2D eigenvalue weighted by atomic mass is 32.2. The van der Waals surface area contributed by atoms with Crippen molar-refractivity contribution in [1.29, 1.82) is 0 Å². The number of likely N-dealkylation sites (tertiary alicyclic amines) is 1. The van der Waals surface area contributed by atoms with Crippen LogP contribution < -0.4 is 5.32 Å². The van der Waals surface area contributed by atoms with Crippen molar-refractivity contribution in [1.82, 2.24) is 14.2 Å². The molecule has 29 heavy (non-hydrogen) atoms. The van der Waals surface area contributed by atoms with Gasteiger partial charge in [-0.1, -0.05) is 0 Å². The fourth-order valence-corrected chi connectivity index (χ4v) is 4.95. The maximum Gasteiger partial charge on any atom is 0.339 e. The number of aromatic nitrogens is 1. The predicted molar refractivity (Wildman–Crippen MR) is 104 cm³/mol. The zero-order chi connectivity index (χ0) is 21.0. The van der Waals surface area contributed by atoms with Crippen molar-refractivity contribution in [2.75, 3.05) is 51.8 Å². The summed E-state index contributed by atoms with van der Waals surface area (Å²) in [6.07, 6.45) is 2.64. The van der Waals surface area contributed by atoms with Crippen LogP contribution in [0.4, 0.5) is 5.82 Å². The topological polar surface area (TPSA) is 118 Å². The number of hydrogen-bond acceptors (Lipinski definition) is 8. The van der Waals surface area contributed by atoms with E-state index in [0.717, 1.165) is 6.42 Å². The first-order chi connectivity index (χ1) is 13.8. The first-order valence-electron chi connectivity index (χ1n) is 9.53. The summed E-state index contributed by atoms with van der Waals surface area (Å²) in [4.78, 5) is 29.6. The number of anilines is 1. The molecule has 11 heteroatoms. The molecular weight excluding hydrogens is 400 g/mol. The Balaban J connectivity index is 1.89. The quantitative estimate of drug-likeness (QED) is 0.619. The molecular formula is C18H26N4O6S. The predicted octanol–water partition coefficient (Wildman–Crippen LogP) is 0.312. The Hall–Kier alpha value is -2.24. The molecule has 0 aromatic carbocycles. The van der Waals surface area contributed by atoms with Crippen LogP contribution in [0.2, 0.25) is 0 Å². The van der Waals surface area contributed by atoms with Gasteiger partial charge in [-0.15, -0.1) is 0 Å². The van der Waals surface area contributed by atoms with Gasteiger partial charge in [-0.25, -0.2) is 18.2 Å². The van der Waals surface area contributed by atoms with Gasteiger partial charge in [-0.3, -0.25) is 4.79 Å². The molecule has 2 fully saturated rings. The molecule has 1 aromatic rings. The molecule has 3 heterocycles. The number of nitrogens with one attached hydrogen (secondary N) is 1. The minimum Gasteiger partial charge on any atom is -0.465 e. The van der Waals surface area contributed by atoms with Crippen molar-refractivity contribution in [3.05, 3.63) is 17.8 Å². The Morgan fingerprint density at radius 3 is 2.69 bits per heavy atom. The third-order valence-electron chi connectivity index (χ3n) is 4.91. The van der Waals surface area contributed by atoms with Gasteiger partial charge in [0.25, 0.3) is 0 Å². The van der Waals surface area contributed by atoms with Gasteiger partial charge in [0.05, 0.1) is 25.9 Å². The molecule has 0 aliphatic carbocycles. The zero-order valence-electron chi connectivity index (χ0n) is 16.6. The Morgan fingerprint density at radius 2 is 2.07 bits per heavy atom. The minimum atomic E-state index is -3.90. The van der Waals surface area contributed by atoms with E-state index in [1.165, 1.54) is 23.7 Å². The molecule has 0 bridgehead atoms. The Bertz CT molecular complexity index is 869. The molecule has 160 valence electrons. The monoisotopic (exact) mass is 426 g/mol. The van der Waals surface area contributed by atoms with Crippen LogP contribution in [0.1, 0.15) is 30.1 Å². The van der Waals surface area contributed by atoms with Crippen molar-refractivity contribution in [3.8, 4) is 0 Å². The summed E-state index contributed by atoms with van der Waals surface area (Å²) in [6.45, 7) is 4.05. The van der Waals surface area contributed by atoms with E-state index in [0.29, 0.717) is 32.7 Å². The van der Waals surface area contributed by atoms with E-state index in [2.05, 4.69) is 10.3 Å². The van der Waals surface area contributed by atoms with Crippen molar-refractivity contribution in [3.63, 3.8) is 0 Å². The lowest BCUT2D eigenvalue weighted by Crippen LogP contribution is -2.41. The summed E-state index contributed by atoms with van der Waals surface area (Å²) in [7, 11) is -2.68. The van der Waals surface area contributed by atoms with E-state index in [9.17, 15) is 18.0 Å². The molecule has 2 aliphatic heterocycles. The van der Waals surface area contributed by atoms with E-state index in [1.54, 1.807) is 4.90 Å². The SMILES string of the molecule is COC(=O)c1cnc(N[C@H](C)CN2CCCC2=O)c(S(=O)(=O)N2CCOCC2)c1. The number of pyridine rings is 1.